The van der Waals surface area contributed by atoms with E-state index >= 15 is 0 Å². The van der Waals surface area contributed by atoms with E-state index in [0.29, 0.717) is 0 Å². The number of nitrogens with one attached hydrogen (secondary N) is 1. The van der Waals surface area contributed by atoms with E-state index in [1.54, 1.807) is 11.3 Å². The zero-order valence-corrected chi connectivity index (χ0v) is 12.7. The van der Waals surface area contributed by atoms with Gasteiger partial charge in [-0.2, -0.15) is 0 Å². The molecule has 1 aromatic carbocycles. The number of para-hydroxylation sites is 1. The van der Waals surface area contributed by atoms with Crippen LogP contribution in [0.2, 0.25) is 5.02 Å². The number of aromatic nitrogens is 1. The van der Waals surface area contributed by atoms with Gasteiger partial charge in [-0.15, -0.1) is 11.3 Å². The summed E-state index contributed by atoms with van der Waals surface area (Å²) in [5.41, 5.74) is 2.21. The summed E-state index contributed by atoms with van der Waals surface area (Å²) < 4.78 is 0. The first-order valence-electron chi connectivity index (χ1n) is 6.61. The van der Waals surface area contributed by atoms with Gasteiger partial charge in [0, 0.05) is 22.0 Å². The van der Waals surface area contributed by atoms with E-state index in [4.69, 9.17) is 11.6 Å². The van der Waals surface area contributed by atoms with E-state index in [1.807, 2.05) is 23.7 Å². The Morgan fingerprint density at radius 2 is 2.10 bits per heavy atom. The van der Waals surface area contributed by atoms with Gasteiger partial charge in [0.15, 0.2) is 0 Å². The molecule has 0 radical (unpaired) electrons. The monoisotopic (exact) mass is 302 g/mol. The number of hydrogen-bond donors (Lipinski definition) is 1. The molecule has 2 aromatic heterocycles. The van der Waals surface area contributed by atoms with Gasteiger partial charge in [-0.3, -0.25) is 4.98 Å². The van der Waals surface area contributed by atoms with Crippen molar-refractivity contribution in [1.29, 1.82) is 0 Å². The molecule has 20 heavy (non-hydrogen) atoms. The smallest absolute Gasteiger partial charge is 0.0753 e. The normalized spacial score (nSPS) is 12.7. The Bertz CT molecular complexity index is 718. The van der Waals surface area contributed by atoms with Gasteiger partial charge >= 0.3 is 0 Å². The topological polar surface area (TPSA) is 24.9 Å². The lowest BCUT2D eigenvalue weighted by Gasteiger charge is -2.19. The van der Waals surface area contributed by atoms with Gasteiger partial charge in [0.2, 0.25) is 0 Å². The molecule has 4 heteroatoms. The van der Waals surface area contributed by atoms with Crippen LogP contribution in [0.5, 0.6) is 0 Å². The summed E-state index contributed by atoms with van der Waals surface area (Å²) in [5.74, 6) is 0. The maximum absolute atomic E-state index is 6.32. The van der Waals surface area contributed by atoms with Crippen molar-refractivity contribution in [2.45, 2.75) is 13.0 Å². The van der Waals surface area contributed by atoms with E-state index in [1.165, 1.54) is 5.56 Å². The first-order chi connectivity index (χ1) is 9.81. The van der Waals surface area contributed by atoms with Crippen molar-refractivity contribution in [1.82, 2.24) is 10.3 Å². The fourth-order valence-electron chi connectivity index (χ4n) is 2.42. The van der Waals surface area contributed by atoms with Gasteiger partial charge in [0.1, 0.15) is 0 Å². The molecule has 0 amide bonds. The highest BCUT2D eigenvalue weighted by Gasteiger charge is 2.19. The SMILES string of the molecule is CCNC(c1sccc1Cl)c1cccc2cccnc12. The average Bonchev–Trinajstić information content (AvgIpc) is 2.90. The molecule has 3 aromatic rings. The lowest BCUT2D eigenvalue weighted by Crippen LogP contribution is -2.21. The van der Waals surface area contributed by atoms with Crippen LogP contribution in [-0.4, -0.2) is 11.5 Å². The van der Waals surface area contributed by atoms with Crippen LogP contribution in [0.1, 0.15) is 23.4 Å². The first kappa shape index (κ1) is 13.6. The zero-order valence-electron chi connectivity index (χ0n) is 11.1. The fourth-order valence-corrected chi connectivity index (χ4v) is 3.68. The van der Waals surface area contributed by atoms with Crippen molar-refractivity contribution in [3.8, 4) is 0 Å². The Balaban J connectivity index is 2.17. The Morgan fingerprint density at radius 1 is 1.25 bits per heavy atom. The summed E-state index contributed by atoms with van der Waals surface area (Å²) >= 11 is 8.00. The van der Waals surface area contributed by atoms with E-state index in [-0.39, 0.29) is 6.04 Å². The Hall–Kier alpha value is -1.42. The molecule has 2 nitrogen and oxygen atoms in total. The molecule has 0 aliphatic carbocycles. The van der Waals surface area contributed by atoms with Gasteiger partial charge in [-0.05, 0) is 24.1 Å². The quantitative estimate of drug-likeness (QED) is 0.759. The summed E-state index contributed by atoms with van der Waals surface area (Å²) in [6.45, 7) is 2.98. The molecule has 0 saturated heterocycles. The molecule has 0 saturated carbocycles. The minimum absolute atomic E-state index is 0.0890. The molecular formula is C16H15ClN2S. The number of pyridine rings is 1. The lowest BCUT2D eigenvalue weighted by atomic mass is 10.0. The van der Waals surface area contributed by atoms with Crippen LogP contribution in [0.3, 0.4) is 0 Å². The largest absolute Gasteiger partial charge is 0.306 e. The second kappa shape index (κ2) is 5.92. The van der Waals surface area contributed by atoms with Crippen LogP contribution in [0.25, 0.3) is 10.9 Å². The molecule has 0 bridgehead atoms. The Kier molecular flexibility index (Phi) is 4.01. The molecule has 3 rings (SSSR count). The van der Waals surface area contributed by atoms with Crippen LogP contribution < -0.4 is 5.32 Å². The highest BCUT2D eigenvalue weighted by molar-refractivity contribution is 7.10. The lowest BCUT2D eigenvalue weighted by molar-refractivity contribution is 0.643. The molecule has 0 spiro atoms. The van der Waals surface area contributed by atoms with E-state index in [9.17, 15) is 0 Å². The zero-order chi connectivity index (χ0) is 13.9. The van der Waals surface area contributed by atoms with Crippen molar-refractivity contribution in [3.63, 3.8) is 0 Å². The van der Waals surface area contributed by atoms with Gasteiger partial charge in [-0.25, -0.2) is 0 Å². The summed E-state index contributed by atoms with van der Waals surface area (Å²) in [7, 11) is 0. The van der Waals surface area contributed by atoms with Crippen molar-refractivity contribution < 1.29 is 0 Å². The number of nitrogens with zero attached hydrogens (tertiary/aromatic N) is 1. The molecule has 0 aliphatic rings. The fraction of sp³-hybridized carbons (Fsp3) is 0.188. The summed E-state index contributed by atoms with van der Waals surface area (Å²) in [6, 6.07) is 12.4. The third-order valence-corrected chi connectivity index (χ3v) is 4.71. The molecular weight excluding hydrogens is 288 g/mol. The predicted octanol–water partition coefficient (Wildman–Crippen LogP) is 4.65. The van der Waals surface area contributed by atoms with Gasteiger partial charge in [-0.1, -0.05) is 42.8 Å². The van der Waals surface area contributed by atoms with E-state index < -0.39 is 0 Å². The van der Waals surface area contributed by atoms with Crippen LogP contribution >= 0.6 is 22.9 Å². The van der Waals surface area contributed by atoms with Crippen LogP contribution in [-0.2, 0) is 0 Å². The molecule has 0 fully saturated rings. The third-order valence-electron chi connectivity index (χ3n) is 3.29. The Labute approximate surface area is 127 Å². The molecule has 2 heterocycles. The highest BCUT2D eigenvalue weighted by Crippen LogP contribution is 2.35. The molecule has 102 valence electrons. The van der Waals surface area contributed by atoms with Crippen LogP contribution in [0.15, 0.2) is 48.0 Å². The summed E-state index contributed by atoms with van der Waals surface area (Å²) in [5, 5.41) is 7.52. The first-order valence-corrected chi connectivity index (χ1v) is 7.87. The highest BCUT2D eigenvalue weighted by atomic mass is 35.5. The molecule has 0 aliphatic heterocycles. The van der Waals surface area contributed by atoms with Crippen molar-refractivity contribution in [3.05, 3.63) is 63.4 Å². The van der Waals surface area contributed by atoms with E-state index in [0.717, 1.165) is 27.3 Å². The van der Waals surface area contributed by atoms with Crippen LogP contribution in [0, 0.1) is 0 Å². The average molecular weight is 303 g/mol. The Morgan fingerprint density at radius 3 is 2.85 bits per heavy atom. The number of halogens is 1. The number of hydrogen-bond acceptors (Lipinski definition) is 3. The minimum atomic E-state index is 0.0890. The third kappa shape index (κ3) is 2.44. The number of thiophene rings is 1. The number of benzene rings is 1. The second-order valence-corrected chi connectivity index (χ2v) is 5.90. The molecule has 1 N–H and O–H groups in total. The molecule has 1 atom stereocenters. The number of rotatable bonds is 4. The predicted molar refractivity (Wildman–Crippen MR) is 86.6 cm³/mol. The van der Waals surface area contributed by atoms with Crippen LogP contribution in [0.4, 0.5) is 0 Å². The minimum Gasteiger partial charge on any atom is -0.306 e. The summed E-state index contributed by atoms with van der Waals surface area (Å²) in [4.78, 5) is 5.69. The van der Waals surface area contributed by atoms with Gasteiger partial charge in [0.25, 0.3) is 0 Å². The maximum Gasteiger partial charge on any atom is 0.0753 e. The van der Waals surface area contributed by atoms with E-state index in [2.05, 4.69) is 41.5 Å². The van der Waals surface area contributed by atoms with Crippen molar-refractivity contribution >= 4 is 33.8 Å². The van der Waals surface area contributed by atoms with Crippen molar-refractivity contribution in [2.24, 2.45) is 0 Å². The molecule has 1 unspecified atom stereocenters. The standard InChI is InChI=1S/C16H15ClN2S/c1-2-18-15(16-13(17)8-10-20-16)12-7-3-5-11-6-4-9-19-14(11)12/h3-10,15,18H,2H2,1H3. The second-order valence-electron chi connectivity index (χ2n) is 4.55. The maximum atomic E-state index is 6.32. The number of fused-ring (bicyclic) bond motifs is 1. The van der Waals surface area contributed by atoms with Gasteiger partial charge < -0.3 is 5.32 Å². The van der Waals surface area contributed by atoms with Crippen molar-refractivity contribution in [2.75, 3.05) is 6.54 Å². The summed E-state index contributed by atoms with van der Waals surface area (Å²) in [6.07, 6.45) is 1.84. The van der Waals surface area contributed by atoms with Gasteiger partial charge in [0.05, 0.1) is 16.6 Å².